The van der Waals surface area contributed by atoms with Crippen LogP contribution in [0.2, 0.25) is 0 Å². The van der Waals surface area contributed by atoms with Gasteiger partial charge in [-0.3, -0.25) is 4.79 Å². The van der Waals surface area contributed by atoms with Crippen LogP contribution < -0.4 is 10.1 Å². The van der Waals surface area contributed by atoms with Gasteiger partial charge in [0.05, 0.1) is 18.6 Å². The lowest BCUT2D eigenvalue weighted by molar-refractivity contribution is -0.115. The Morgan fingerprint density at radius 3 is 2.48 bits per heavy atom. The van der Waals surface area contributed by atoms with Crippen LogP contribution in [0.4, 0.5) is 5.82 Å². The zero-order chi connectivity index (χ0) is 21.2. The summed E-state index contributed by atoms with van der Waals surface area (Å²) in [5.41, 5.74) is 2.10. The van der Waals surface area contributed by atoms with Crippen molar-refractivity contribution in [3.05, 3.63) is 41.3 Å². The normalized spacial score (nSPS) is 11.4. The summed E-state index contributed by atoms with van der Waals surface area (Å²) in [6.07, 6.45) is -0.248. The molecule has 1 N–H and O–H groups in total. The lowest BCUT2D eigenvalue weighted by Gasteiger charge is -2.11. The molecule has 10 heteroatoms. The molecule has 0 atom stereocenters. The molecule has 2 heterocycles. The highest BCUT2D eigenvalue weighted by Crippen LogP contribution is 2.33. The number of aryl methyl sites for hydroxylation is 2. The highest BCUT2D eigenvalue weighted by atomic mass is 32.2. The van der Waals surface area contributed by atoms with Crippen LogP contribution >= 0.6 is 0 Å². The molecule has 9 nitrogen and oxygen atoms in total. The van der Waals surface area contributed by atoms with Crippen LogP contribution in [0, 0.1) is 20.8 Å². The smallest absolute Gasteiger partial charge is 0.226 e. The van der Waals surface area contributed by atoms with E-state index in [1.165, 1.54) is 13.2 Å². The molecule has 1 aromatic carbocycles. The van der Waals surface area contributed by atoms with Gasteiger partial charge in [0.25, 0.3) is 0 Å². The summed E-state index contributed by atoms with van der Waals surface area (Å²) >= 11 is 0. The monoisotopic (exact) mass is 419 g/mol. The van der Waals surface area contributed by atoms with Crippen LogP contribution in [0.1, 0.15) is 23.4 Å². The first-order valence-electron chi connectivity index (χ1n) is 8.78. The molecule has 0 radical (unpaired) electrons. The Kier molecular flexibility index (Phi) is 5.73. The van der Waals surface area contributed by atoms with E-state index in [0.29, 0.717) is 17.1 Å². The van der Waals surface area contributed by atoms with Crippen molar-refractivity contribution in [1.29, 1.82) is 0 Å². The fourth-order valence-corrected chi connectivity index (χ4v) is 4.15. The predicted octanol–water partition coefficient (Wildman–Crippen LogP) is 3.07. The van der Waals surface area contributed by atoms with E-state index in [9.17, 15) is 13.2 Å². The standard InChI is InChI=1S/C19H21N3O6S/c1-11-9-17(22-27-11)20-18(23)7-8-29(24,25)16-10-14(5-6-15(16)26-4)19-12(2)13(3)21-28-19/h5-6,9-10H,7-8H2,1-4H3,(H,20,22,23). The molecular weight excluding hydrogens is 398 g/mol. The molecule has 0 aliphatic carbocycles. The largest absolute Gasteiger partial charge is 0.495 e. The van der Waals surface area contributed by atoms with Crippen LogP contribution in [-0.4, -0.2) is 37.5 Å². The maximum absolute atomic E-state index is 12.9. The van der Waals surface area contributed by atoms with Crippen molar-refractivity contribution in [2.24, 2.45) is 0 Å². The number of nitrogens with zero attached hydrogens (tertiary/aromatic N) is 2. The van der Waals surface area contributed by atoms with Crippen molar-refractivity contribution in [1.82, 2.24) is 10.3 Å². The second-order valence-corrected chi connectivity index (χ2v) is 8.61. The molecule has 0 saturated carbocycles. The summed E-state index contributed by atoms with van der Waals surface area (Å²) in [6.45, 7) is 5.33. The molecule has 2 aromatic heterocycles. The summed E-state index contributed by atoms with van der Waals surface area (Å²) < 4.78 is 41.2. The van der Waals surface area contributed by atoms with E-state index in [-0.39, 0.29) is 22.9 Å². The van der Waals surface area contributed by atoms with Gasteiger partial charge in [-0.1, -0.05) is 10.3 Å². The Morgan fingerprint density at radius 1 is 1.14 bits per heavy atom. The first kappa shape index (κ1) is 20.6. The van der Waals surface area contributed by atoms with Gasteiger partial charge in [0.15, 0.2) is 21.4 Å². The van der Waals surface area contributed by atoms with Crippen LogP contribution in [0.25, 0.3) is 11.3 Å². The Hall–Kier alpha value is -3.14. The maximum Gasteiger partial charge on any atom is 0.226 e. The third-order valence-electron chi connectivity index (χ3n) is 4.41. The molecular formula is C19H21N3O6S. The van der Waals surface area contributed by atoms with Crippen molar-refractivity contribution in [3.63, 3.8) is 0 Å². The van der Waals surface area contributed by atoms with Gasteiger partial charge in [0, 0.05) is 23.6 Å². The number of anilines is 1. The average molecular weight is 419 g/mol. The SMILES string of the molecule is COc1ccc(-c2onc(C)c2C)cc1S(=O)(=O)CCC(=O)Nc1cc(C)on1. The predicted molar refractivity (Wildman–Crippen MR) is 105 cm³/mol. The van der Waals surface area contributed by atoms with E-state index < -0.39 is 21.5 Å². The molecule has 29 heavy (non-hydrogen) atoms. The van der Waals surface area contributed by atoms with Crippen molar-refractivity contribution >= 4 is 21.6 Å². The number of sulfone groups is 1. The van der Waals surface area contributed by atoms with Gasteiger partial charge >= 0.3 is 0 Å². The fourth-order valence-electron chi connectivity index (χ4n) is 2.71. The quantitative estimate of drug-likeness (QED) is 0.619. The molecule has 3 rings (SSSR count). The Morgan fingerprint density at radius 2 is 1.90 bits per heavy atom. The molecule has 0 saturated heterocycles. The number of aromatic nitrogens is 2. The maximum atomic E-state index is 12.9. The number of hydrogen-bond acceptors (Lipinski definition) is 8. The number of ether oxygens (including phenoxy) is 1. The van der Waals surface area contributed by atoms with Gasteiger partial charge in [-0.25, -0.2) is 8.42 Å². The lowest BCUT2D eigenvalue weighted by atomic mass is 10.1. The Labute approximate surface area is 167 Å². The number of nitrogens with one attached hydrogen (secondary N) is 1. The summed E-state index contributed by atoms with van der Waals surface area (Å²) in [4.78, 5) is 12.1. The lowest BCUT2D eigenvalue weighted by Crippen LogP contribution is -2.18. The number of benzene rings is 1. The number of carbonyl (C=O) groups excluding carboxylic acids is 1. The topological polar surface area (TPSA) is 125 Å². The Balaban J connectivity index is 1.82. The summed E-state index contributed by atoms with van der Waals surface area (Å²) in [7, 11) is -2.43. The van der Waals surface area contributed by atoms with Crippen LogP contribution in [-0.2, 0) is 14.6 Å². The van der Waals surface area contributed by atoms with E-state index in [2.05, 4.69) is 15.6 Å². The second kappa shape index (κ2) is 8.08. The van der Waals surface area contributed by atoms with Gasteiger partial charge < -0.3 is 19.1 Å². The van der Waals surface area contributed by atoms with Crippen molar-refractivity contribution in [2.75, 3.05) is 18.2 Å². The molecule has 0 unspecified atom stereocenters. The number of carbonyl (C=O) groups is 1. The van der Waals surface area contributed by atoms with E-state index in [1.54, 1.807) is 32.0 Å². The third kappa shape index (κ3) is 4.48. The molecule has 0 spiro atoms. The van der Waals surface area contributed by atoms with Crippen LogP contribution in [0.3, 0.4) is 0 Å². The number of amides is 1. The molecule has 0 bridgehead atoms. The van der Waals surface area contributed by atoms with E-state index in [4.69, 9.17) is 13.8 Å². The second-order valence-electron chi connectivity index (χ2n) is 6.53. The molecule has 0 fully saturated rings. The first-order valence-corrected chi connectivity index (χ1v) is 10.4. The highest BCUT2D eigenvalue weighted by Gasteiger charge is 2.23. The van der Waals surface area contributed by atoms with Crippen LogP contribution in [0.15, 0.2) is 38.2 Å². The minimum atomic E-state index is -3.81. The summed E-state index contributed by atoms with van der Waals surface area (Å²) in [6, 6.07) is 6.27. The van der Waals surface area contributed by atoms with Crippen molar-refractivity contribution in [3.8, 4) is 17.1 Å². The molecule has 3 aromatic rings. The van der Waals surface area contributed by atoms with E-state index in [0.717, 1.165) is 11.3 Å². The zero-order valence-corrected chi connectivity index (χ0v) is 17.3. The average Bonchev–Trinajstić information content (AvgIpc) is 3.25. The first-order chi connectivity index (χ1) is 13.7. The molecule has 1 amide bonds. The van der Waals surface area contributed by atoms with Gasteiger partial charge in [0.1, 0.15) is 16.4 Å². The van der Waals surface area contributed by atoms with Crippen molar-refractivity contribution in [2.45, 2.75) is 32.1 Å². The van der Waals surface area contributed by atoms with Gasteiger partial charge in [-0.2, -0.15) is 0 Å². The number of methoxy groups -OCH3 is 1. The minimum absolute atomic E-state index is 0.0176. The third-order valence-corrected chi connectivity index (χ3v) is 6.14. The zero-order valence-electron chi connectivity index (χ0n) is 16.5. The van der Waals surface area contributed by atoms with Gasteiger partial charge in [-0.15, -0.1) is 0 Å². The molecule has 0 aliphatic heterocycles. The fraction of sp³-hybridized carbons (Fsp3) is 0.316. The van der Waals surface area contributed by atoms with E-state index in [1.807, 2.05) is 6.92 Å². The summed E-state index contributed by atoms with van der Waals surface area (Å²) in [5, 5.41) is 10.1. The van der Waals surface area contributed by atoms with Gasteiger partial charge in [0.2, 0.25) is 5.91 Å². The van der Waals surface area contributed by atoms with Crippen LogP contribution in [0.5, 0.6) is 5.75 Å². The van der Waals surface area contributed by atoms with Gasteiger partial charge in [-0.05, 0) is 39.0 Å². The summed E-state index contributed by atoms with van der Waals surface area (Å²) in [5.74, 6) is 0.562. The molecule has 0 aliphatic rings. The van der Waals surface area contributed by atoms with E-state index >= 15 is 0 Å². The number of hydrogen-bond donors (Lipinski definition) is 1. The minimum Gasteiger partial charge on any atom is -0.495 e. The highest BCUT2D eigenvalue weighted by molar-refractivity contribution is 7.91. The number of rotatable bonds is 7. The molecule has 154 valence electrons. The van der Waals surface area contributed by atoms with Crippen molar-refractivity contribution < 1.29 is 27.0 Å². The Bertz CT molecular complexity index is 1150.